The topological polar surface area (TPSA) is 43.4 Å². The highest BCUT2D eigenvalue weighted by Gasteiger charge is 2.06. The van der Waals surface area contributed by atoms with Gasteiger partial charge in [0.15, 0.2) is 5.78 Å². The first-order valence-corrected chi connectivity index (χ1v) is 7.67. The Labute approximate surface area is 122 Å². The Bertz CT molecular complexity index is 417. The second-order valence-corrected chi connectivity index (χ2v) is 5.26. The van der Waals surface area contributed by atoms with Gasteiger partial charge in [-0.25, -0.2) is 0 Å². The van der Waals surface area contributed by atoms with Gasteiger partial charge in [0, 0.05) is 10.5 Å². The zero-order chi connectivity index (χ0) is 14.1. The molecule has 0 atom stereocenters. The maximum absolute atomic E-state index is 11.4. The van der Waals surface area contributed by atoms with Crippen LogP contribution in [0.1, 0.15) is 30.1 Å². The normalized spacial score (nSPS) is 10.2. The van der Waals surface area contributed by atoms with Gasteiger partial charge in [0.25, 0.3) is 0 Å². The summed E-state index contributed by atoms with van der Waals surface area (Å²) in [6.07, 6.45) is 1.90. The second-order valence-electron chi connectivity index (χ2n) is 3.94. The highest BCUT2D eigenvalue weighted by atomic mass is 35.5. The summed E-state index contributed by atoms with van der Waals surface area (Å²) in [5.74, 6) is -0.0421. The van der Waals surface area contributed by atoms with E-state index in [0.29, 0.717) is 12.2 Å². The van der Waals surface area contributed by atoms with Crippen LogP contribution in [-0.4, -0.2) is 30.0 Å². The SMILES string of the molecule is CCCCOC(=O)CSc1ccc(C(=O)CCl)cc1. The van der Waals surface area contributed by atoms with Gasteiger partial charge in [-0.1, -0.05) is 25.5 Å². The van der Waals surface area contributed by atoms with E-state index < -0.39 is 0 Å². The molecule has 0 aliphatic carbocycles. The molecular weight excluding hydrogens is 284 g/mol. The number of thioether (sulfide) groups is 1. The molecular formula is C14H17ClO3S. The smallest absolute Gasteiger partial charge is 0.316 e. The predicted octanol–water partition coefficient (Wildman–Crippen LogP) is 3.54. The van der Waals surface area contributed by atoms with Gasteiger partial charge in [-0.15, -0.1) is 23.4 Å². The van der Waals surface area contributed by atoms with Gasteiger partial charge in [-0.2, -0.15) is 0 Å². The van der Waals surface area contributed by atoms with E-state index in [0.717, 1.165) is 17.7 Å². The van der Waals surface area contributed by atoms with Crippen molar-refractivity contribution < 1.29 is 14.3 Å². The van der Waals surface area contributed by atoms with Gasteiger partial charge >= 0.3 is 5.97 Å². The fraction of sp³-hybridized carbons (Fsp3) is 0.429. The summed E-state index contributed by atoms with van der Waals surface area (Å²) in [5.41, 5.74) is 0.588. The van der Waals surface area contributed by atoms with E-state index >= 15 is 0 Å². The number of unbranched alkanes of at least 4 members (excludes halogenated alkanes) is 1. The number of carbonyl (C=O) groups is 2. The minimum absolute atomic E-state index is 0.0176. The molecule has 5 heteroatoms. The number of ether oxygens (including phenoxy) is 1. The summed E-state index contributed by atoms with van der Waals surface area (Å²) >= 11 is 6.87. The summed E-state index contributed by atoms with van der Waals surface area (Å²) in [5, 5.41) is 0. The number of hydrogen-bond donors (Lipinski definition) is 0. The summed E-state index contributed by atoms with van der Waals surface area (Å²) in [4.78, 5) is 23.7. The van der Waals surface area contributed by atoms with Gasteiger partial charge in [-0.3, -0.25) is 9.59 Å². The first kappa shape index (κ1) is 16.1. The molecule has 0 unspecified atom stereocenters. The van der Waals surface area contributed by atoms with Gasteiger partial charge < -0.3 is 4.74 Å². The maximum Gasteiger partial charge on any atom is 0.316 e. The minimum Gasteiger partial charge on any atom is -0.465 e. The average Bonchev–Trinajstić information content (AvgIpc) is 2.45. The first-order valence-electron chi connectivity index (χ1n) is 6.15. The van der Waals surface area contributed by atoms with Crippen molar-refractivity contribution in [1.82, 2.24) is 0 Å². The lowest BCUT2D eigenvalue weighted by atomic mass is 10.1. The lowest BCUT2D eigenvalue weighted by Crippen LogP contribution is -2.08. The van der Waals surface area contributed by atoms with Crippen LogP contribution in [-0.2, 0) is 9.53 Å². The van der Waals surface area contributed by atoms with E-state index in [1.165, 1.54) is 11.8 Å². The van der Waals surface area contributed by atoms with Crippen molar-refractivity contribution in [3.63, 3.8) is 0 Å². The Kier molecular flexibility index (Phi) is 7.60. The molecule has 1 rings (SSSR count). The minimum atomic E-state index is -0.209. The van der Waals surface area contributed by atoms with Crippen LogP contribution in [0.3, 0.4) is 0 Å². The van der Waals surface area contributed by atoms with Crippen LogP contribution in [0.4, 0.5) is 0 Å². The second kappa shape index (κ2) is 8.99. The Hall–Kier alpha value is -1.00. The van der Waals surface area contributed by atoms with E-state index in [1.807, 2.05) is 19.1 Å². The zero-order valence-corrected chi connectivity index (χ0v) is 12.4. The molecule has 0 spiro atoms. The van der Waals surface area contributed by atoms with Crippen molar-refractivity contribution in [2.75, 3.05) is 18.2 Å². The number of halogens is 1. The molecule has 0 amide bonds. The molecule has 1 aromatic carbocycles. The van der Waals surface area contributed by atoms with Crippen LogP contribution in [0.25, 0.3) is 0 Å². The molecule has 0 saturated carbocycles. The van der Waals surface area contributed by atoms with Gasteiger partial charge in [0.2, 0.25) is 0 Å². The summed E-state index contributed by atoms with van der Waals surface area (Å²) in [6.45, 7) is 2.53. The van der Waals surface area contributed by atoms with Crippen molar-refractivity contribution in [2.24, 2.45) is 0 Å². The monoisotopic (exact) mass is 300 g/mol. The van der Waals surface area contributed by atoms with Crippen LogP contribution >= 0.6 is 23.4 Å². The van der Waals surface area contributed by atoms with Crippen LogP contribution in [0.2, 0.25) is 0 Å². The van der Waals surface area contributed by atoms with Gasteiger partial charge in [0.05, 0.1) is 18.2 Å². The third-order valence-corrected chi connectivity index (χ3v) is 3.64. The summed E-state index contributed by atoms with van der Waals surface area (Å²) in [6, 6.07) is 7.05. The van der Waals surface area contributed by atoms with E-state index in [4.69, 9.17) is 16.3 Å². The van der Waals surface area contributed by atoms with Crippen LogP contribution < -0.4 is 0 Å². The van der Waals surface area contributed by atoms with Crippen LogP contribution in [0, 0.1) is 0 Å². The summed E-state index contributed by atoms with van der Waals surface area (Å²) < 4.78 is 5.05. The number of alkyl halides is 1. The average molecular weight is 301 g/mol. The largest absolute Gasteiger partial charge is 0.465 e. The highest BCUT2D eigenvalue weighted by Crippen LogP contribution is 2.19. The van der Waals surface area contributed by atoms with Crippen molar-refractivity contribution in [1.29, 1.82) is 0 Å². The lowest BCUT2D eigenvalue weighted by Gasteiger charge is -2.04. The Morgan fingerprint density at radius 1 is 1.26 bits per heavy atom. The lowest BCUT2D eigenvalue weighted by molar-refractivity contribution is -0.140. The van der Waals surface area contributed by atoms with Crippen molar-refractivity contribution >= 4 is 35.1 Å². The number of ketones is 1. The van der Waals surface area contributed by atoms with E-state index in [1.54, 1.807) is 12.1 Å². The molecule has 0 N–H and O–H groups in total. The predicted molar refractivity (Wildman–Crippen MR) is 78.1 cm³/mol. The van der Waals surface area contributed by atoms with Gasteiger partial charge in [0.1, 0.15) is 0 Å². The number of benzene rings is 1. The number of hydrogen-bond acceptors (Lipinski definition) is 4. The third-order valence-electron chi connectivity index (χ3n) is 2.42. The van der Waals surface area contributed by atoms with Crippen molar-refractivity contribution in [3.05, 3.63) is 29.8 Å². The zero-order valence-electron chi connectivity index (χ0n) is 10.9. The number of rotatable bonds is 8. The fourth-order valence-corrected chi connectivity index (χ4v) is 2.18. The third kappa shape index (κ3) is 6.12. The standard InChI is InChI=1S/C14H17ClO3S/c1-2-3-8-18-14(17)10-19-12-6-4-11(5-7-12)13(16)9-15/h4-7H,2-3,8-10H2,1H3. The molecule has 0 saturated heterocycles. The van der Waals surface area contributed by atoms with E-state index in [9.17, 15) is 9.59 Å². The fourth-order valence-electron chi connectivity index (χ4n) is 1.33. The Balaban J connectivity index is 2.37. The Morgan fingerprint density at radius 2 is 1.95 bits per heavy atom. The molecule has 19 heavy (non-hydrogen) atoms. The molecule has 1 aromatic rings. The van der Waals surface area contributed by atoms with Crippen LogP contribution in [0.5, 0.6) is 0 Å². The highest BCUT2D eigenvalue weighted by molar-refractivity contribution is 8.00. The number of esters is 1. The Morgan fingerprint density at radius 3 is 2.53 bits per heavy atom. The van der Waals surface area contributed by atoms with Crippen LogP contribution in [0.15, 0.2) is 29.2 Å². The first-order chi connectivity index (χ1) is 9.17. The van der Waals surface area contributed by atoms with Gasteiger partial charge in [-0.05, 0) is 18.6 Å². The molecule has 0 fully saturated rings. The molecule has 0 aliphatic rings. The molecule has 104 valence electrons. The van der Waals surface area contributed by atoms with E-state index in [2.05, 4.69) is 0 Å². The molecule has 0 heterocycles. The number of carbonyl (C=O) groups excluding carboxylic acids is 2. The van der Waals surface area contributed by atoms with E-state index in [-0.39, 0.29) is 23.4 Å². The molecule has 0 bridgehead atoms. The molecule has 3 nitrogen and oxygen atoms in total. The maximum atomic E-state index is 11.4. The molecule has 0 aliphatic heterocycles. The number of Topliss-reactive ketones (excluding diaryl/α,β-unsaturated/α-hetero) is 1. The van der Waals surface area contributed by atoms with Crippen molar-refractivity contribution in [2.45, 2.75) is 24.7 Å². The molecule has 0 aromatic heterocycles. The molecule has 0 radical (unpaired) electrons. The quantitative estimate of drug-likeness (QED) is 0.242. The summed E-state index contributed by atoms with van der Waals surface area (Å²) in [7, 11) is 0. The van der Waals surface area contributed by atoms with Crippen molar-refractivity contribution in [3.8, 4) is 0 Å².